The van der Waals surface area contributed by atoms with Gasteiger partial charge in [-0.2, -0.15) is 0 Å². The lowest BCUT2D eigenvalue weighted by Gasteiger charge is -2.38. The van der Waals surface area contributed by atoms with Crippen molar-refractivity contribution >= 4 is 14.4 Å². The highest BCUT2D eigenvalue weighted by Crippen LogP contribution is 2.37. The van der Waals surface area contributed by atoms with Gasteiger partial charge in [0.15, 0.2) is 8.32 Å². The number of nitrogens with zero attached hydrogens (tertiary/aromatic N) is 1. The molecule has 0 saturated carbocycles. The Bertz CT molecular complexity index is 646. The Balaban J connectivity index is 2.10. The van der Waals surface area contributed by atoms with Crippen molar-refractivity contribution in [1.82, 2.24) is 4.90 Å². The quantitative estimate of drug-likeness (QED) is 0.574. The molecule has 0 aliphatic carbocycles. The molecule has 2 atom stereocenters. The highest BCUT2D eigenvalue weighted by Gasteiger charge is 2.41. The summed E-state index contributed by atoms with van der Waals surface area (Å²) in [5, 5.41) is 0.159. The van der Waals surface area contributed by atoms with Gasteiger partial charge >= 0.3 is 6.09 Å². The number of benzene rings is 1. The highest BCUT2D eigenvalue weighted by molar-refractivity contribution is 6.74. The number of amides is 1. The van der Waals surface area contributed by atoms with Crippen molar-refractivity contribution in [3.63, 3.8) is 0 Å². The van der Waals surface area contributed by atoms with E-state index in [1.54, 1.807) is 0 Å². The van der Waals surface area contributed by atoms with Gasteiger partial charge in [-0.1, -0.05) is 51.1 Å². The molecule has 0 spiro atoms. The zero-order valence-electron chi connectivity index (χ0n) is 19.0. The average molecular weight is 406 g/mol. The number of likely N-dealkylation sites (tertiary alicyclic amines) is 1. The molecule has 1 aromatic rings. The number of carbonyl (C=O) groups excluding carboxylic acids is 1. The smallest absolute Gasteiger partial charge is 0.410 e. The zero-order chi connectivity index (χ0) is 21.2. The number of hydrogen-bond acceptors (Lipinski definition) is 3. The minimum Gasteiger partial charge on any atom is -0.444 e. The molecule has 28 heavy (non-hydrogen) atoms. The fourth-order valence-corrected chi connectivity index (χ4v) is 4.37. The van der Waals surface area contributed by atoms with Crippen molar-refractivity contribution in [2.75, 3.05) is 13.2 Å². The average Bonchev–Trinajstić information content (AvgIpc) is 2.94. The summed E-state index contributed by atoms with van der Waals surface area (Å²) < 4.78 is 12.2. The van der Waals surface area contributed by atoms with E-state index in [0.29, 0.717) is 12.5 Å². The van der Waals surface area contributed by atoms with Crippen molar-refractivity contribution in [2.45, 2.75) is 84.2 Å². The van der Waals surface area contributed by atoms with Gasteiger partial charge in [0, 0.05) is 6.54 Å². The van der Waals surface area contributed by atoms with E-state index >= 15 is 0 Å². The Morgan fingerprint density at radius 2 is 1.71 bits per heavy atom. The van der Waals surface area contributed by atoms with Gasteiger partial charge in [-0.3, -0.25) is 0 Å². The molecule has 1 aliphatic rings. The number of ether oxygens (including phenoxy) is 1. The largest absolute Gasteiger partial charge is 0.444 e. The molecule has 158 valence electrons. The van der Waals surface area contributed by atoms with Crippen LogP contribution in [0.15, 0.2) is 30.3 Å². The monoisotopic (exact) mass is 405 g/mol. The second-order valence-corrected chi connectivity index (χ2v) is 15.5. The minimum absolute atomic E-state index is 0.0812. The van der Waals surface area contributed by atoms with Crippen LogP contribution in [0.1, 0.15) is 53.5 Å². The lowest BCUT2D eigenvalue weighted by atomic mass is 9.97. The molecule has 0 radical (unpaired) electrons. The summed E-state index contributed by atoms with van der Waals surface area (Å²) >= 11 is 0. The van der Waals surface area contributed by atoms with Crippen LogP contribution in [-0.2, 0) is 15.6 Å². The molecule has 5 heteroatoms. The lowest BCUT2D eigenvalue weighted by Crippen LogP contribution is -2.46. The fraction of sp³-hybridized carbons (Fsp3) is 0.696. The molecular formula is C23H39NO3Si. The topological polar surface area (TPSA) is 38.8 Å². The molecule has 2 rings (SSSR count). The van der Waals surface area contributed by atoms with Crippen LogP contribution in [0.3, 0.4) is 0 Å². The van der Waals surface area contributed by atoms with Gasteiger partial charge in [0.25, 0.3) is 0 Å². The summed E-state index contributed by atoms with van der Waals surface area (Å²) in [6.45, 7) is 18.4. The third-order valence-electron chi connectivity index (χ3n) is 5.94. The Morgan fingerprint density at radius 1 is 1.11 bits per heavy atom. The van der Waals surface area contributed by atoms with E-state index < -0.39 is 13.9 Å². The van der Waals surface area contributed by atoms with Crippen LogP contribution in [0.5, 0.6) is 0 Å². The summed E-state index contributed by atoms with van der Waals surface area (Å²) in [7, 11) is -1.86. The van der Waals surface area contributed by atoms with E-state index in [1.165, 1.54) is 5.56 Å². The summed E-state index contributed by atoms with van der Waals surface area (Å²) in [6.07, 6.45) is 1.73. The third-order valence-corrected chi connectivity index (χ3v) is 10.4. The van der Waals surface area contributed by atoms with E-state index in [4.69, 9.17) is 9.16 Å². The highest BCUT2D eigenvalue weighted by atomic mass is 28.4. The van der Waals surface area contributed by atoms with Crippen molar-refractivity contribution in [2.24, 2.45) is 5.92 Å². The Morgan fingerprint density at radius 3 is 2.25 bits per heavy atom. The number of hydrogen-bond donors (Lipinski definition) is 0. The standard InChI is InChI=1S/C23H39NO3Si/c1-22(2,3)27-21(25)24-16-19(14-18-12-10-9-11-13-18)15-20(24)17-26-28(7,8)23(4,5)6/h9-13,19-20H,14-17H2,1-8H3/t19-,20-/m0/s1. The van der Waals surface area contributed by atoms with Crippen LogP contribution < -0.4 is 0 Å². The molecule has 0 aromatic heterocycles. The first-order chi connectivity index (χ1) is 12.8. The normalized spacial score (nSPS) is 21.1. The van der Waals surface area contributed by atoms with Crippen molar-refractivity contribution in [3.8, 4) is 0 Å². The molecule has 0 unspecified atom stereocenters. The van der Waals surface area contributed by atoms with Gasteiger partial charge in [-0.15, -0.1) is 0 Å². The van der Waals surface area contributed by atoms with Gasteiger partial charge in [-0.05, 0) is 63.2 Å². The number of rotatable bonds is 5. The van der Waals surface area contributed by atoms with E-state index in [1.807, 2.05) is 31.7 Å². The maximum Gasteiger partial charge on any atom is 0.410 e. The zero-order valence-corrected chi connectivity index (χ0v) is 20.0. The molecule has 0 N–H and O–H groups in total. The molecule has 0 bridgehead atoms. The van der Waals surface area contributed by atoms with E-state index in [2.05, 4.69) is 58.1 Å². The van der Waals surface area contributed by atoms with Crippen molar-refractivity contribution < 1.29 is 14.0 Å². The van der Waals surface area contributed by atoms with Crippen LogP contribution in [0.2, 0.25) is 18.1 Å². The van der Waals surface area contributed by atoms with Crippen LogP contribution in [0.4, 0.5) is 4.79 Å². The SMILES string of the molecule is CC(C)(C)OC(=O)N1C[C@@H](Cc2ccccc2)C[C@H]1CO[Si](C)(C)C(C)(C)C. The summed E-state index contributed by atoms with van der Waals surface area (Å²) in [5.74, 6) is 0.433. The maximum absolute atomic E-state index is 12.9. The Hall–Kier alpha value is -1.33. The molecule has 1 aromatic carbocycles. The number of carbonyl (C=O) groups is 1. The Kier molecular flexibility index (Phi) is 7.03. The first kappa shape index (κ1) is 23.0. The molecule has 1 amide bonds. The van der Waals surface area contributed by atoms with Gasteiger partial charge < -0.3 is 14.1 Å². The van der Waals surface area contributed by atoms with Gasteiger partial charge in [-0.25, -0.2) is 4.79 Å². The predicted molar refractivity (Wildman–Crippen MR) is 118 cm³/mol. The summed E-state index contributed by atoms with van der Waals surface area (Å²) in [5.41, 5.74) is 0.835. The molecule has 1 fully saturated rings. The van der Waals surface area contributed by atoms with Crippen molar-refractivity contribution in [3.05, 3.63) is 35.9 Å². The van der Waals surface area contributed by atoms with Crippen LogP contribution in [-0.4, -0.2) is 44.1 Å². The fourth-order valence-electron chi connectivity index (χ4n) is 3.33. The minimum atomic E-state index is -1.86. The van der Waals surface area contributed by atoms with Gasteiger partial charge in [0.1, 0.15) is 5.60 Å². The lowest BCUT2D eigenvalue weighted by molar-refractivity contribution is 0.0178. The van der Waals surface area contributed by atoms with Gasteiger partial charge in [0.2, 0.25) is 0 Å². The van der Waals surface area contributed by atoms with Crippen LogP contribution in [0.25, 0.3) is 0 Å². The molecule has 4 nitrogen and oxygen atoms in total. The van der Waals surface area contributed by atoms with Crippen LogP contribution in [0, 0.1) is 5.92 Å². The predicted octanol–water partition coefficient (Wildman–Crippen LogP) is 5.88. The Labute approximate surface area is 172 Å². The summed E-state index contributed by atoms with van der Waals surface area (Å²) in [4.78, 5) is 14.8. The molecule has 1 heterocycles. The summed E-state index contributed by atoms with van der Waals surface area (Å²) in [6, 6.07) is 10.6. The third kappa shape index (κ3) is 6.34. The van der Waals surface area contributed by atoms with Gasteiger partial charge in [0.05, 0.1) is 12.6 Å². The second kappa shape index (κ2) is 8.58. The van der Waals surface area contributed by atoms with Crippen LogP contribution >= 0.6 is 0 Å². The first-order valence-electron chi connectivity index (χ1n) is 10.5. The van der Waals surface area contributed by atoms with E-state index in [-0.39, 0.29) is 17.2 Å². The second-order valence-electron chi connectivity index (χ2n) is 10.6. The van der Waals surface area contributed by atoms with E-state index in [9.17, 15) is 4.79 Å². The molecular weight excluding hydrogens is 366 g/mol. The first-order valence-corrected chi connectivity index (χ1v) is 13.4. The maximum atomic E-state index is 12.9. The molecule has 1 saturated heterocycles. The molecule has 1 aliphatic heterocycles. The van der Waals surface area contributed by atoms with E-state index in [0.717, 1.165) is 19.4 Å². The van der Waals surface area contributed by atoms with Crippen molar-refractivity contribution in [1.29, 1.82) is 0 Å².